The first-order valence-corrected chi connectivity index (χ1v) is 7.39. The molecule has 2 unspecified atom stereocenters. The Bertz CT molecular complexity index is 264. The molecule has 0 bridgehead atoms. The Morgan fingerprint density at radius 3 is 2.63 bits per heavy atom. The number of nitrogens with two attached hydrogens (primary N) is 1. The largest absolute Gasteiger partial charge is 0.383 e. The first kappa shape index (κ1) is 16.2. The lowest BCUT2D eigenvalue weighted by molar-refractivity contribution is 0.179. The summed E-state index contributed by atoms with van der Waals surface area (Å²) in [5.74, 6) is 1.08. The number of rotatable bonds is 7. The fourth-order valence-corrected chi connectivity index (χ4v) is 2.48. The number of guanidine groups is 1. The summed E-state index contributed by atoms with van der Waals surface area (Å²) in [4.78, 5) is 6.96. The van der Waals surface area contributed by atoms with E-state index < -0.39 is 0 Å². The average molecular weight is 270 g/mol. The summed E-state index contributed by atoms with van der Waals surface area (Å²) in [6, 6.07) is 0.200. The number of piperidine rings is 1. The zero-order chi connectivity index (χ0) is 14.1. The number of nitrogens with one attached hydrogen (secondary N) is 1. The van der Waals surface area contributed by atoms with Gasteiger partial charge in [-0.15, -0.1) is 0 Å². The predicted octanol–water partition coefficient (Wildman–Crippen LogP) is 1.05. The Labute approximate surface area is 117 Å². The van der Waals surface area contributed by atoms with Crippen molar-refractivity contribution >= 4 is 5.96 Å². The van der Waals surface area contributed by atoms with Gasteiger partial charge in [0, 0.05) is 26.2 Å². The highest BCUT2D eigenvalue weighted by Crippen LogP contribution is 2.10. The van der Waals surface area contributed by atoms with Gasteiger partial charge in [0.05, 0.1) is 6.61 Å². The van der Waals surface area contributed by atoms with E-state index in [-0.39, 0.29) is 6.04 Å². The molecule has 1 heterocycles. The fraction of sp³-hybridized carbons (Fsp3) is 0.929. The molecular formula is C14H30N4O. The van der Waals surface area contributed by atoms with Crippen LogP contribution in [-0.2, 0) is 4.74 Å². The normalized spacial score (nSPS) is 21.1. The molecule has 19 heavy (non-hydrogen) atoms. The van der Waals surface area contributed by atoms with Gasteiger partial charge in [0.1, 0.15) is 0 Å². The molecular weight excluding hydrogens is 240 g/mol. The zero-order valence-corrected chi connectivity index (χ0v) is 12.7. The quantitative estimate of drug-likeness (QED) is 0.536. The van der Waals surface area contributed by atoms with Crippen molar-refractivity contribution in [2.24, 2.45) is 16.6 Å². The van der Waals surface area contributed by atoms with Gasteiger partial charge in [-0.2, -0.15) is 0 Å². The lowest BCUT2D eigenvalue weighted by Crippen LogP contribution is -2.41. The first-order valence-electron chi connectivity index (χ1n) is 7.39. The van der Waals surface area contributed by atoms with E-state index in [1.54, 1.807) is 7.11 Å². The molecule has 0 spiro atoms. The summed E-state index contributed by atoms with van der Waals surface area (Å²) < 4.78 is 5.05. The van der Waals surface area contributed by atoms with Crippen molar-refractivity contribution in [2.45, 2.75) is 39.2 Å². The molecule has 0 saturated carbocycles. The minimum Gasteiger partial charge on any atom is -0.383 e. The number of hydrogen-bond acceptors (Lipinski definition) is 3. The van der Waals surface area contributed by atoms with Crippen LogP contribution in [0.4, 0.5) is 0 Å². The lowest BCUT2D eigenvalue weighted by Gasteiger charge is -2.28. The highest BCUT2D eigenvalue weighted by Gasteiger charge is 2.13. The zero-order valence-electron chi connectivity index (χ0n) is 12.7. The molecule has 1 aliphatic rings. The van der Waals surface area contributed by atoms with Crippen LogP contribution in [0.25, 0.3) is 0 Å². The SMILES string of the molecule is COCC(C)NC(N)=NCC(C)CN1CCCCC1. The van der Waals surface area contributed by atoms with Crippen LogP contribution in [0, 0.1) is 5.92 Å². The van der Waals surface area contributed by atoms with Crippen molar-refractivity contribution in [1.29, 1.82) is 0 Å². The molecule has 3 N–H and O–H groups in total. The van der Waals surface area contributed by atoms with Crippen LogP contribution in [0.3, 0.4) is 0 Å². The second kappa shape index (κ2) is 9.15. The average Bonchev–Trinajstić information content (AvgIpc) is 2.38. The van der Waals surface area contributed by atoms with Crippen molar-refractivity contribution in [3.63, 3.8) is 0 Å². The Balaban J connectivity index is 2.21. The molecule has 0 aliphatic carbocycles. The molecule has 1 rings (SSSR count). The molecule has 0 aromatic rings. The smallest absolute Gasteiger partial charge is 0.188 e. The number of hydrogen-bond donors (Lipinski definition) is 2. The predicted molar refractivity (Wildman–Crippen MR) is 80.4 cm³/mol. The van der Waals surface area contributed by atoms with Gasteiger partial charge in [-0.1, -0.05) is 13.3 Å². The van der Waals surface area contributed by atoms with E-state index in [9.17, 15) is 0 Å². The molecule has 112 valence electrons. The van der Waals surface area contributed by atoms with Gasteiger partial charge in [-0.25, -0.2) is 0 Å². The van der Waals surface area contributed by atoms with E-state index in [2.05, 4.69) is 22.1 Å². The van der Waals surface area contributed by atoms with Gasteiger partial charge in [-0.05, 0) is 38.8 Å². The second-order valence-electron chi connectivity index (χ2n) is 5.69. The third kappa shape index (κ3) is 7.38. The molecule has 5 heteroatoms. The van der Waals surface area contributed by atoms with Gasteiger partial charge in [0.2, 0.25) is 0 Å². The minimum atomic E-state index is 0.200. The molecule has 0 aromatic heterocycles. The van der Waals surface area contributed by atoms with Crippen LogP contribution < -0.4 is 11.1 Å². The van der Waals surface area contributed by atoms with Crippen LogP contribution in [0.5, 0.6) is 0 Å². The Kier molecular flexibility index (Phi) is 7.82. The van der Waals surface area contributed by atoms with Gasteiger partial charge in [0.25, 0.3) is 0 Å². The molecule has 1 aliphatic heterocycles. The van der Waals surface area contributed by atoms with Crippen LogP contribution in [-0.4, -0.2) is 56.8 Å². The monoisotopic (exact) mass is 270 g/mol. The van der Waals surface area contributed by atoms with Crippen molar-refractivity contribution in [3.8, 4) is 0 Å². The maximum absolute atomic E-state index is 5.86. The number of aliphatic imine (C=N–C) groups is 1. The first-order chi connectivity index (χ1) is 9.11. The maximum Gasteiger partial charge on any atom is 0.188 e. The number of methoxy groups -OCH3 is 1. The van der Waals surface area contributed by atoms with E-state index in [4.69, 9.17) is 10.5 Å². The third-order valence-corrected chi connectivity index (χ3v) is 3.40. The Morgan fingerprint density at radius 1 is 1.32 bits per heavy atom. The van der Waals surface area contributed by atoms with Crippen LogP contribution in [0.15, 0.2) is 4.99 Å². The summed E-state index contributed by atoms with van der Waals surface area (Å²) in [6.07, 6.45) is 4.07. The summed E-state index contributed by atoms with van der Waals surface area (Å²) in [5, 5.41) is 3.13. The molecule has 2 atom stereocenters. The molecule has 0 amide bonds. The maximum atomic E-state index is 5.86. The van der Waals surface area contributed by atoms with Crippen molar-refractivity contribution in [1.82, 2.24) is 10.2 Å². The van der Waals surface area contributed by atoms with Gasteiger partial charge in [0.15, 0.2) is 5.96 Å². The standard InChI is InChI=1S/C14H30N4O/c1-12(10-18-7-5-4-6-8-18)9-16-14(15)17-13(2)11-19-3/h12-13H,4-11H2,1-3H3,(H3,15,16,17). The highest BCUT2D eigenvalue weighted by atomic mass is 16.5. The Morgan fingerprint density at radius 2 is 2.00 bits per heavy atom. The van der Waals surface area contributed by atoms with E-state index in [1.165, 1.54) is 32.4 Å². The summed E-state index contributed by atoms with van der Waals surface area (Å²) in [6.45, 7) is 9.31. The third-order valence-electron chi connectivity index (χ3n) is 3.40. The molecule has 0 aromatic carbocycles. The Hall–Kier alpha value is -0.810. The topological polar surface area (TPSA) is 62.9 Å². The van der Waals surface area contributed by atoms with Crippen molar-refractivity contribution in [3.05, 3.63) is 0 Å². The molecule has 1 fully saturated rings. The number of nitrogens with zero attached hydrogens (tertiary/aromatic N) is 2. The number of likely N-dealkylation sites (tertiary alicyclic amines) is 1. The molecule has 5 nitrogen and oxygen atoms in total. The highest BCUT2D eigenvalue weighted by molar-refractivity contribution is 5.78. The minimum absolute atomic E-state index is 0.200. The van der Waals surface area contributed by atoms with Crippen molar-refractivity contribution < 1.29 is 4.74 Å². The van der Waals surface area contributed by atoms with Crippen LogP contribution in [0.1, 0.15) is 33.1 Å². The van der Waals surface area contributed by atoms with Crippen molar-refractivity contribution in [2.75, 3.05) is 39.9 Å². The van der Waals surface area contributed by atoms with E-state index in [1.807, 2.05) is 6.92 Å². The van der Waals surface area contributed by atoms with Gasteiger partial charge < -0.3 is 20.7 Å². The summed E-state index contributed by atoms with van der Waals surface area (Å²) in [5.41, 5.74) is 5.86. The number of ether oxygens (including phenoxy) is 1. The van der Waals surface area contributed by atoms with Gasteiger partial charge in [-0.3, -0.25) is 4.99 Å². The van der Waals surface area contributed by atoms with E-state index >= 15 is 0 Å². The summed E-state index contributed by atoms with van der Waals surface area (Å²) in [7, 11) is 1.69. The summed E-state index contributed by atoms with van der Waals surface area (Å²) >= 11 is 0. The van der Waals surface area contributed by atoms with E-state index in [0.29, 0.717) is 18.5 Å². The fourth-order valence-electron chi connectivity index (χ4n) is 2.48. The van der Waals surface area contributed by atoms with Crippen LogP contribution in [0.2, 0.25) is 0 Å². The molecule has 1 saturated heterocycles. The molecule has 0 radical (unpaired) electrons. The van der Waals surface area contributed by atoms with Crippen LogP contribution >= 0.6 is 0 Å². The lowest BCUT2D eigenvalue weighted by atomic mass is 10.1. The van der Waals surface area contributed by atoms with Gasteiger partial charge >= 0.3 is 0 Å². The van der Waals surface area contributed by atoms with E-state index in [0.717, 1.165) is 13.1 Å². The second-order valence-corrected chi connectivity index (χ2v) is 5.69.